The van der Waals surface area contributed by atoms with Crippen LogP contribution in [0.15, 0.2) is 10.9 Å². The van der Waals surface area contributed by atoms with E-state index in [1.54, 1.807) is 36.3 Å². The molecule has 2 aliphatic rings. The van der Waals surface area contributed by atoms with E-state index in [0.29, 0.717) is 30.0 Å². The van der Waals surface area contributed by atoms with E-state index >= 15 is 0 Å². The Hall–Kier alpha value is -3.14. The molecule has 10 nitrogen and oxygen atoms in total. The second-order valence-corrected chi connectivity index (χ2v) is 11.9. The number of fused-ring (bicyclic) bond motifs is 1. The number of aromatic nitrogens is 3. The van der Waals surface area contributed by atoms with Gasteiger partial charge in [-0.25, -0.2) is 9.89 Å². The summed E-state index contributed by atoms with van der Waals surface area (Å²) in [6, 6.07) is -0.245. The summed E-state index contributed by atoms with van der Waals surface area (Å²) < 4.78 is 2.83. The highest BCUT2D eigenvalue weighted by Crippen LogP contribution is 2.28. The molecule has 0 spiro atoms. The third-order valence-electron chi connectivity index (χ3n) is 6.80. The quantitative estimate of drug-likeness (QED) is 0.354. The van der Waals surface area contributed by atoms with Crippen LogP contribution in [0.2, 0.25) is 0 Å². The molecule has 1 atom stereocenters. The van der Waals surface area contributed by atoms with Crippen molar-refractivity contribution in [2.75, 3.05) is 6.54 Å². The summed E-state index contributed by atoms with van der Waals surface area (Å²) >= 11 is 0. The van der Waals surface area contributed by atoms with Gasteiger partial charge in [-0.1, -0.05) is 25.3 Å². The van der Waals surface area contributed by atoms with E-state index in [1.807, 2.05) is 20.8 Å². The van der Waals surface area contributed by atoms with E-state index in [1.165, 1.54) is 10.6 Å². The highest BCUT2D eigenvalue weighted by atomic mass is 16.3. The van der Waals surface area contributed by atoms with Crippen molar-refractivity contribution in [3.8, 4) is 5.88 Å². The number of hydrogen-bond donors (Lipinski definition) is 4. The Morgan fingerprint density at radius 3 is 2.44 bits per heavy atom. The van der Waals surface area contributed by atoms with Crippen LogP contribution in [0.3, 0.4) is 0 Å². The Balaban J connectivity index is 1.81. The summed E-state index contributed by atoms with van der Waals surface area (Å²) in [6.45, 7) is 12.1. The molecule has 4 rings (SSSR count). The van der Waals surface area contributed by atoms with E-state index in [-0.39, 0.29) is 29.0 Å². The van der Waals surface area contributed by atoms with Crippen molar-refractivity contribution in [2.45, 2.75) is 91.5 Å². The Morgan fingerprint density at radius 2 is 1.86 bits per heavy atom. The minimum absolute atomic E-state index is 0.0289. The molecule has 2 aromatic heterocycles. The van der Waals surface area contributed by atoms with Crippen molar-refractivity contribution in [3.05, 3.63) is 33.3 Å². The molecule has 0 radical (unpaired) electrons. The van der Waals surface area contributed by atoms with Crippen molar-refractivity contribution in [2.24, 2.45) is 5.41 Å². The van der Waals surface area contributed by atoms with Crippen LogP contribution in [0.1, 0.15) is 81.9 Å². The maximum atomic E-state index is 13.3. The summed E-state index contributed by atoms with van der Waals surface area (Å²) in [7, 11) is 0. The first-order valence-corrected chi connectivity index (χ1v) is 12.6. The number of carbonyl (C=O) groups is 2. The molecule has 2 fully saturated rings. The highest BCUT2D eigenvalue weighted by molar-refractivity contribution is 5.96. The smallest absolute Gasteiger partial charge is 0.378 e. The number of aryl methyl sites for hydroxylation is 1. The molecular weight excluding hydrogens is 462 g/mol. The zero-order valence-electron chi connectivity index (χ0n) is 22.0. The third-order valence-corrected chi connectivity index (χ3v) is 6.80. The zero-order chi connectivity index (χ0) is 26.6. The molecule has 0 unspecified atom stereocenters. The first-order valence-electron chi connectivity index (χ1n) is 12.6. The zero-order valence-corrected chi connectivity index (χ0v) is 22.0. The number of amides is 2. The number of carbonyl (C=O) groups excluding carboxylic acids is 2. The summed E-state index contributed by atoms with van der Waals surface area (Å²) in [5.41, 5.74) is -0.711. The molecule has 2 amide bonds. The molecule has 1 aliphatic heterocycles. The third kappa shape index (κ3) is 5.04. The van der Waals surface area contributed by atoms with E-state index in [4.69, 9.17) is 0 Å². The number of nitrogens with zero attached hydrogens (tertiary/aromatic N) is 3. The van der Waals surface area contributed by atoms with Crippen molar-refractivity contribution < 1.29 is 24.4 Å². The van der Waals surface area contributed by atoms with Gasteiger partial charge in [0.15, 0.2) is 0 Å². The summed E-state index contributed by atoms with van der Waals surface area (Å²) in [5, 5.41) is 27.5. The van der Waals surface area contributed by atoms with Gasteiger partial charge in [-0.15, -0.1) is 0 Å². The summed E-state index contributed by atoms with van der Waals surface area (Å²) in [4.78, 5) is 41.0. The van der Waals surface area contributed by atoms with Crippen LogP contribution >= 0.6 is 0 Å². The van der Waals surface area contributed by atoms with Crippen molar-refractivity contribution in [1.29, 1.82) is 0 Å². The maximum absolute atomic E-state index is 13.3. The molecule has 4 N–H and O–H groups in total. The average Bonchev–Trinajstić information content (AvgIpc) is 3.29. The lowest BCUT2D eigenvalue weighted by molar-refractivity contribution is -0.692. The van der Waals surface area contributed by atoms with Crippen LogP contribution in [-0.2, 0) is 11.3 Å². The van der Waals surface area contributed by atoms with Crippen LogP contribution in [0.5, 0.6) is 5.88 Å². The molecule has 3 heterocycles. The van der Waals surface area contributed by atoms with Crippen LogP contribution in [0, 0.1) is 12.3 Å². The van der Waals surface area contributed by atoms with Gasteiger partial charge >= 0.3 is 17.1 Å². The number of hydrogen-bond acceptors (Lipinski definition) is 5. The van der Waals surface area contributed by atoms with Crippen molar-refractivity contribution >= 4 is 23.5 Å². The number of nitrogens with one attached hydrogen (secondary N) is 2. The largest absolute Gasteiger partial charge is 0.477 e. The summed E-state index contributed by atoms with van der Waals surface area (Å²) in [5.74, 6) is -1.22. The Bertz CT molecular complexity index is 1290. The monoisotopic (exact) mass is 500 g/mol. The number of H-pyrrole nitrogens is 1. The summed E-state index contributed by atoms with van der Waals surface area (Å²) in [6.07, 6.45) is 6.33. The number of aromatic amines is 1. The Morgan fingerprint density at radius 1 is 1.19 bits per heavy atom. The van der Waals surface area contributed by atoms with Crippen molar-refractivity contribution in [1.82, 2.24) is 19.8 Å². The SMILES string of the molecule is Cc1[nH]n2c(=O)c(C(=O)NC3CC3)c(O)[n+](CC(C)(C)C)c2c1/C=C/C(=O)N1CCC[C@@H]1C(C)(C)O. The fraction of sp³-hybridized carbons (Fsp3) is 0.615. The molecule has 1 aliphatic carbocycles. The fourth-order valence-electron chi connectivity index (χ4n) is 4.95. The number of aliphatic hydroxyl groups is 1. The number of likely N-dealkylation sites (tertiary alicyclic amines) is 1. The van der Waals surface area contributed by atoms with E-state index < -0.39 is 22.9 Å². The fourth-order valence-corrected chi connectivity index (χ4v) is 4.95. The molecule has 36 heavy (non-hydrogen) atoms. The van der Waals surface area contributed by atoms with Gasteiger partial charge in [-0.05, 0) is 57.9 Å². The van der Waals surface area contributed by atoms with E-state index in [9.17, 15) is 24.6 Å². The minimum Gasteiger partial charge on any atom is -0.477 e. The Labute approximate surface area is 210 Å². The highest BCUT2D eigenvalue weighted by Gasteiger charge is 2.38. The van der Waals surface area contributed by atoms with E-state index in [2.05, 4.69) is 10.4 Å². The lowest BCUT2D eigenvalue weighted by Gasteiger charge is -2.33. The molecular formula is C26H38N5O5+. The molecule has 196 valence electrons. The van der Waals surface area contributed by atoms with Gasteiger partial charge in [0, 0.05) is 18.7 Å². The molecule has 0 bridgehead atoms. The minimum atomic E-state index is -1.01. The molecule has 2 aromatic rings. The predicted octanol–water partition coefficient (Wildman–Crippen LogP) is 1.64. The van der Waals surface area contributed by atoms with Crippen LogP contribution in [0.4, 0.5) is 0 Å². The van der Waals surface area contributed by atoms with E-state index in [0.717, 1.165) is 25.7 Å². The second kappa shape index (κ2) is 9.06. The van der Waals surface area contributed by atoms with Gasteiger partial charge in [0.1, 0.15) is 0 Å². The van der Waals surface area contributed by atoms with Crippen molar-refractivity contribution in [3.63, 3.8) is 0 Å². The lowest BCUT2D eigenvalue weighted by Crippen LogP contribution is -2.48. The predicted molar refractivity (Wildman–Crippen MR) is 135 cm³/mol. The average molecular weight is 501 g/mol. The second-order valence-electron chi connectivity index (χ2n) is 11.9. The molecule has 1 saturated carbocycles. The standard InChI is InChI=1S/C26H37N5O5/c1-15-17(11-12-19(32)29-13-7-8-18(29)26(5,6)36)22-30(14-25(2,3)4)23(34)20(24(35)31(22)28-15)21(33)27-16-9-10-16/h11-12,16,18,36H,7-10,13-14H2,1-6H3,(H2,27,33,34,35)/p+1/b12-11+/t18-/m1/s1. The molecule has 1 saturated heterocycles. The number of rotatable bonds is 6. The van der Waals surface area contributed by atoms with Gasteiger partial charge in [-0.2, -0.15) is 4.57 Å². The lowest BCUT2D eigenvalue weighted by atomic mass is 9.96. The van der Waals surface area contributed by atoms with Gasteiger partial charge in [0.05, 0.1) is 29.4 Å². The first kappa shape index (κ1) is 25.9. The normalized spacial score (nSPS) is 19.0. The maximum Gasteiger partial charge on any atom is 0.378 e. The van der Waals surface area contributed by atoms with Crippen LogP contribution in [0.25, 0.3) is 11.7 Å². The molecule has 10 heteroatoms. The van der Waals surface area contributed by atoms with Gasteiger partial charge in [-0.3, -0.25) is 9.59 Å². The Kier molecular flexibility index (Phi) is 6.53. The van der Waals surface area contributed by atoms with Crippen LogP contribution < -0.4 is 15.4 Å². The van der Waals surface area contributed by atoms with Crippen LogP contribution in [-0.4, -0.2) is 60.8 Å². The number of aromatic hydroxyl groups is 1. The first-order chi connectivity index (χ1) is 16.7. The van der Waals surface area contributed by atoms with Gasteiger partial charge in [0.2, 0.25) is 11.5 Å². The van der Waals surface area contributed by atoms with Gasteiger partial charge < -0.3 is 20.4 Å². The topological polar surface area (TPSA) is 131 Å². The van der Waals surface area contributed by atoms with Gasteiger partial charge in [0.25, 0.3) is 5.91 Å². The molecule has 0 aromatic carbocycles.